The third-order valence-corrected chi connectivity index (χ3v) is 3.69. The first-order valence-corrected chi connectivity index (χ1v) is 6.70. The van der Waals surface area contributed by atoms with Crippen molar-refractivity contribution in [1.29, 1.82) is 0 Å². The Bertz CT molecular complexity index is 680. The molecule has 1 amide bonds. The molecule has 0 fully saturated rings. The van der Waals surface area contributed by atoms with Gasteiger partial charge in [0, 0.05) is 11.3 Å². The molecule has 2 aromatic rings. The van der Waals surface area contributed by atoms with Crippen molar-refractivity contribution in [2.24, 2.45) is 0 Å². The summed E-state index contributed by atoms with van der Waals surface area (Å²) in [6.07, 6.45) is 0. The van der Waals surface area contributed by atoms with E-state index in [1.54, 1.807) is 12.1 Å². The van der Waals surface area contributed by atoms with Crippen molar-refractivity contribution in [3.63, 3.8) is 0 Å². The molecule has 3 nitrogen and oxygen atoms in total. The van der Waals surface area contributed by atoms with Gasteiger partial charge in [-0.05, 0) is 61.7 Å². The molecule has 0 saturated heterocycles. The minimum absolute atomic E-state index is 0.156. The lowest BCUT2D eigenvalue weighted by Gasteiger charge is -2.11. The van der Waals surface area contributed by atoms with Crippen LogP contribution in [0.25, 0.3) is 0 Å². The highest BCUT2D eigenvalue weighted by molar-refractivity contribution is 6.33. The number of anilines is 2. The number of hydrogen-bond donors (Lipinski definition) is 2. The number of halogens is 1. The van der Waals surface area contributed by atoms with Crippen LogP contribution in [-0.2, 0) is 0 Å². The monoisotopic (exact) mass is 288 g/mol. The smallest absolute Gasteiger partial charge is 0.255 e. The molecular weight excluding hydrogens is 272 g/mol. The van der Waals surface area contributed by atoms with Crippen molar-refractivity contribution in [3.8, 4) is 0 Å². The Morgan fingerprint density at radius 3 is 2.40 bits per heavy atom. The molecule has 0 saturated carbocycles. The van der Waals surface area contributed by atoms with Crippen molar-refractivity contribution in [2.75, 3.05) is 11.1 Å². The average Bonchev–Trinajstić information content (AvgIpc) is 2.39. The number of benzene rings is 2. The van der Waals surface area contributed by atoms with Crippen LogP contribution in [0.3, 0.4) is 0 Å². The second kappa shape index (κ2) is 5.55. The van der Waals surface area contributed by atoms with Crippen LogP contribution in [0, 0.1) is 20.8 Å². The first-order valence-electron chi connectivity index (χ1n) is 6.32. The molecule has 2 rings (SSSR count). The van der Waals surface area contributed by atoms with Crippen LogP contribution >= 0.6 is 11.6 Å². The second-order valence-electron chi connectivity index (χ2n) is 4.94. The van der Waals surface area contributed by atoms with Crippen molar-refractivity contribution >= 4 is 28.9 Å². The summed E-state index contributed by atoms with van der Waals surface area (Å²) in [6.45, 7) is 5.88. The number of nitrogen functional groups attached to an aromatic ring is 1. The van der Waals surface area contributed by atoms with E-state index in [1.807, 2.05) is 39.0 Å². The van der Waals surface area contributed by atoms with Gasteiger partial charge in [0.15, 0.2) is 0 Å². The number of nitrogens with one attached hydrogen (secondary N) is 1. The number of rotatable bonds is 2. The van der Waals surface area contributed by atoms with Crippen LogP contribution in [0.1, 0.15) is 27.0 Å². The van der Waals surface area contributed by atoms with Gasteiger partial charge < -0.3 is 11.1 Å². The summed E-state index contributed by atoms with van der Waals surface area (Å²) >= 11 is 5.98. The van der Waals surface area contributed by atoms with Gasteiger partial charge in [-0.25, -0.2) is 0 Å². The molecule has 20 heavy (non-hydrogen) atoms. The maximum absolute atomic E-state index is 12.2. The van der Waals surface area contributed by atoms with Crippen LogP contribution < -0.4 is 11.1 Å². The van der Waals surface area contributed by atoms with Gasteiger partial charge in [0.2, 0.25) is 0 Å². The van der Waals surface area contributed by atoms with E-state index < -0.39 is 0 Å². The van der Waals surface area contributed by atoms with Gasteiger partial charge in [0.25, 0.3) is 5.91 Å². The Morgan fingerprint density at radius 1 is 1.05 bits per heavy atom. The lowest BCUT2D eigenvalue weighted by atomic mass is 10.1. The van der Waals surface area contributed by atoms with Gasteiger partial charge >= 0.3 is 0 Å². The van der Waals surface area contributed by atoms with E-state index >= 15 is 0 Å². The molecule has 0 bridgehead atoms. The van der Waals surface area contributed by atoms with Gasteiger partial charge in [-0.1, -0.05) is 17.7 Å². The lowest BCUT2D eigenvalue weighted by Crippen LogP contribution is -2.13. The summed E-state index contributed by atoms with van der Waals surface area (Å²) in [5.41, 5.74) is 10.7. The molecule has 0 aliphatic rings. The van der Waals surface area contributed by atoms with E-state index in [0.717, 1.165) is 16.7 Å². The van der Waals surface area contributed by atoms with Crippen LogP contribution in [0.4, 0.5) is 11.4 Å². The highest BCUT2D eigenvalue weighted by atomic mass is 35.5. The average molecular weight is 289 g/mol. The van der Waals surface area contributed by atoms with E-state index in [2.05, 4.69) is 5.32 Å². The second-order valence-corrected chi connectivity index (χ2v) is 5.35. The summed E-state index contributed by atoms with van der Waals surface area (Å²) in [7, 11) is 0. The van der Waals surface area contributed by atoms with E-state index in [-0.39, 0.29) is 5.91 Å². The summed E-state index contributed by atoms with van der Waals surface area (Å²) < 4.78 is 0. The fourth-order valence-electron chi connectivity index (χ4n) is 1.92. The molecule has 0 aliphatic heterocycles. The topological polar surface area (TPSA) is 55.1 Å². The van der Waals surface area contributed by atoms with Crippen molar-refractivity contribution in [2.45, 2.75) is 20.8 Å². The molecule has 0 heterocycles. The number of hydrogen-bond acceptors (Lipinski definition) is 2. The zero-order chi connectivity index (χ0) is 14.9. The van der Waals surface area contributed by atoms with Crippen LogP contribution in [0.5, 0.6) is 0 Å². The third kappa shape index (κ3) is 2.94. The minimum atomic E-state index is -0.156. The Labute approximate surface area is 123 Å². The summed E-state index contributed by atoms with van der Waals surface area (Å²) in [5.74, 6) is -0.156. The quantitative estimate of drug-likeness (QED) is 0.818. The summed E-state index contributed by atoms with van der Waals surface area (Å²) in [6, 6.07) is 9.04. The fourth-order valence-corrected chi connectivity index (χ4v) is 2.08. The standard InChI is InChI=1S/C16H17ClN2O/c1-9-4-5-12(6-10(9)2)16(20)19-15-8-13(17)14(18)7-11(15)3/h4-8H,18H2,1-3H3,(H,19,20). The van der Waals surface area contributed by atoms with E-state index in [0.29, 0.717) is 22.0 Å². The maximum atomic E-state index is 12.2. The Hall–Kier alpha value is -2.00. The molecule has 0 aromatic heterocycles. The molecule has 2 aromatic carbocycles. The van der Waals surface area contributed by atoms with Gasteiger partial charge in [-0.15, -0.1) is 0 Å². The van der Waals surface area contributed by atoms with Gasteiger partial charge in [0.1, 0.15) is 0 Å². The lowest BCUT2D eigenvalue weighted by molar-refractivity contribution is 0.102. The minimum Gasteiger partial charge on any atom is -0.398 e. The number of amides is 1. The maximum Gasteiger partial charge on any atom is 0.255 e. The van der Waals surface area contributed by atoms with Crippen LogP contribution in [0.15, 0.2) is 30.3 Å². The SMILES string of the molecule is Cc1ccc(C(=O)Nc2cc(Cl)c(N)cc2C)cc1C. The fraction of sp³-hybridized carbons (Fsp3) is 0.188. The first kappa shape index (κ1) is 14.4. The zero-order valence-corrected chi connectivity index (χ0v) is 12.5. The molecule has 0 radical (unpaired) electrons. The van der Waals surface area contributed by atoms with Crippen LogP contribution in [-0.4, -0.2) is 5.91 Å². The number of carbonyl (C=O) groups is 1. The highest BCUT2D eigenvalue weighted by Crippen LogP contribution is 2.27. The first-order chi connectivity index (χ1) is 9.38. The van der Waals surface area contributed by atoms with Crippen molar-refractivity contribution < 1.29 is 4.79 Å². The van der Waals surface area contributed by atoms with Crippen molar-refractivity contribution in [3.05, 3.63) is 57.6 Å². The molecule has 3 N–H and O–H groups in total. The van der Waals surface area contributed by atoms with E-state index in [4.69, 9.17) is 17.3 Å². The number of nitrogens with two attached hydrogens (primary N) is 1. The normalized spacial score (nSPS) is 10.4. The largest absolute Gasteiger partial charge is 0.398 e. The Morgan fingerprint density at radius 2 is 1.75 bits per heavy atom. The molecule has 0 atom stereocenters. The van der Waals surface area contributed by atoms with Crippen LogP contribution in [0.2, 0.25) is 5.02 Å². The van der Waals surface area contributed by atoms with E-state index in [1.165, 1.54) is 0 Å². The number of carbonyl (C=O) groups excluding carboxylic acids is 1. The molecule has 104 valence electrons. The highest BCUT2D eigenvalue weighted by Gasteiger charge is 2.10. The molecular formula is C16H17ClN2O. The molecule has 4 heteroatoms. The molecule has 0 spiro atoms. The summed E-state index contributed by atoms with van der Waals surface area (Å²) in [4.78, 5) is 12.2. The van der Waals surface area contributed by atoms with Gasteiger partial charge in [-0.3, -0.25) is 4.79 Å². The zero-order valence-electron chi connectivity index (χ0n) is 11.8. The Kier molecular flexibility index (Phi) is 4.00. The van der Waals surface area contributed by atoms with E-state index in [9.17, 15) is 4.79 Å². The predicted octanol–water partition coefficient (Wildman–Crippen LogP) is 4.10. The summed E-state index contributed by atoms with van der Waals surface area (Å²) in [5, 5.41) is 3.30. The predicted molar refractivity (Wildman–Crippen MR) is 84.5 cm³/mol. The molecule has 0 aliphatic carbocycles. The van der Waals surface area contributed by atoms with Gasteiger partial charge in [-0.2, -0.15) is 0 Å². The third-order valence-electron chi connectivity index (χ3n) is 3.36. The number of aryl methyl sites for hydroxylation is 3. The van der Waals surface area contributed by atoms with Gasteiger partial charge in [0.05, 0.1) is 10.7 Å². The molecule has 0 unspecified atom stereocenters. The van der Waals surface area contributed by atoms with Crippen molar-refractivity contribution in [1.82, 2.24) is 0 Å². The Balaban J connectivity index is 2.27.